The van der Waals surface area contributed by atoms with E-state index in [-0.39, 0.29) is 4.90 Å². The van der Waals surface area contributed by atoms with Crippen LogP contribution in [0.4, 0.5) is 17.1 Å². The molecule has 0 fully saturated rings. The number of primary sulfonamides is 1. The fourth-order valence-electron chi connectivity index (χ4n) is 1.56. The highest BCUT2D eigenvalue weighted by atomic mass is 35.5. The average Bonchev–Trinajstić information content (AvgIpc) is 2.35. The summed E-state index contributed by atoms with van der Waals surface area (Å²) in [4.78, 5) is -0.0487. The number of sulfonamides is 1. The lowest BCUT2D eigenvalue weighted by Crippen LogP contribution is -2.12. The van der Waals surface area contributed by atoms with E-state index in [4.69, 9.17) is 34.1 Å². The molecule has 5 nitrogen and oxygen atoms in total. The van der Waals surface area contributed by atoms with Crippen LogP contribution in [0, 0.1) is 0 Å². The van der Waals surface area contributed by atoms with Crippen LogP contribution in [0.5, 0.6) is 0 Å². The molecule has 0 aromatic heterocycles. The molecule has 0 atom stereocenters. The fourth-order valence-corrected chi connectivity index (χ4v) is 2.44. The number of hydrogen-bond donors (Lipinski definition) is 3. The van der Waals surface area contributed by atoms with Crippen LogP contribution in [0.25, 0.3) is 0 Å². The first-order chi connectivity index (χ1) is 9.27. The second-order valence-corrected chi connectivity index (χ2v) is 6.45. The van der Waals surface area contributed by atoms with Crippen molar-refractivity contribution in [2.45, 2.75) is 4.90 Å². The lowest BCUT2D eigenvalue weighted by atomic mass is 10.2. The number of hydrogen-bond acceptors (Lipinski definition) is 4. The van der Waals surface area contributed by atoms with E-state index in [0.717, 1.165) is 0 Å². The predicted octanol–water partition coefficient (Wildman–Crippen LogP) is 2.97. The van der Waals surface area contributed by atoms with Gasteiger partial charge in [0.15, 0.2) is 0 Å². The molecule has 106 valence electrons. The Labute approximate surface area is 126 Å². The van der Waals surface area contributed by atoms with Crippen molar-refractivity contribution in [1.29, 1.82) is 0 Å². The SMILES string of the molecule is Nc1ccc(S(N)(=O)=O)cc1Nc1cc(Cl)ccc1Cl. The molecule has 0 aliphatic heterocycles. The fraction of sp³-hybridized carbons (Fsp3) is 0. The van der Waals surface area contributed by atoms with Gasteiger partial charge in [0.1, 0.15) is 0 Å². The van der Waals surface area contributed by atoms with Crippen LogP contribution in [-0.4, -0.2) is 8.42 Å². The van der Waals surface area contributed by atoms with Crippen LogP contribution in [-0.2, 0) is 10.0 Å². The molecule has 0 unspecified atom stereocenters. The van der Waals surface area contributed by atoms with E-state index in [1.54, 1.807) is 18.2 Å². The Bertz CT molecular complexity index is 763. The second-order valence-electron chi connectivity index (χ2n) is 4.04. The van der Waals surface area contributed by atoms with Crippen LogP contribution >= 0.6 is 23.2 Å². The number of benzene rings is 2. The molecule has 0 heterocycles. The summed E-state index contributed by atoms with van der Waals surface area (Å²) in [6, 6.07) is 8.97. The smallest absolute Gasteiger partial charge is 0.238 e. The molecule has 0 aliphatic carbocycles. The summed E-state index contributed by atoms with van der Waals surface area (Å²) in [7, 11) is -3.81. The summed E-state index contributed by atoms with van der Waals surface area (Å²) in [5.41, 5.74) is 7.04. The molecular formula is C12H11Cl2N3O2S. The Morgan fingerprint density at radius 1 is 1.00 bits per heavy atom. The van der Waals surface area contributed by atoms with E-state index in [1.165, 1.54) is 18.2 Å². The first kappa shape index (κ1) is 14.9. The summed E-state index contributed by atoms with van der Waals surface area (Å²) in [6.45, 7) is 0. The van der Waals surface area contributed by atoms with Crippen molar-refractivity contribution in [3.63, 3.8) is 0 Å². The van der Waals surface area contributed by atoms with Crippen molar-refractivity contribution < 1.29 is 8.42 Å². The van der Waals surface area contributed by atoms with E-state index in [1.807, 2.05) is 0 Å². The Balaban J connectivity index is 2.45. The van der Waals surface area contributed by atoms with Crippen molar-refractivity contribution in [1.82, 2.24) is 0 Å². The molecule has 8 heteroatoms. The van der Waals surface area contributed by atoms with E-state index in [2.05, 4.69) is 5.32 Å². The second kappa shape index (κ2) is 5.49. The Hall–Kier alpha value is -1.47. The summed E-state index contributed by atoms with van der Waals surface area (Å²) < 4.78 is 22.7. The summed E-state index contributed by atoms with van der Waals surface area (Å²) >= 11 is 11.9. The number of nitrogens with one attached hydrogen (secondary N) is 1. The molecule has 0 saturated carbocycles. The van der Waals surface area contributed by atoms with Gasteiger partial charge in [-0.15, -0.1) is 0 Å². The van der Waals surface area contributed by atoms with E-state index in [0.29, 0.717) is 27.1 Å². The third kappa shape index (κ3) is 3.34. The van der Waals surface area contributed by atoms with Crippen molar-refractivity contribution in [2.75, 3.05) is 11.1 Å². The molecule has 2 rings (SSSR count). The van der Waals surface area contributed by atoms with Crippen LogP contribution < -0.4 is 16.2 Å². The van der Waals surface area contributed by atoms with Crippen LogP contribution in [0.15, 0.2) is 41.3 Å². The zero-order valence-corrected chi connectivity index (χ0v) is 12.4. The molecule has 0 saturated heterocycles. The maximum atomic E-state index is 11.3. The predicted molar refractivity (Wildman–Crippen MR) is 82.0 cm³/mol. The lowest BCUT2D eigenvalue weighted by molar-refractivity contribution is 0.598. The monoisotopic (exact) mass is 331 g/mol. The van der Waals surface area contributed by atoms with Gasteiger partial charge in [-0.05, 0) is 36.4 Å². The molecule has 2 aromatic rings. The highest BCUT2D eigenvalue weighted by Crippen LogP contribution is 2.31. The standard InChI is InChI=1S/C12H11Cl2N3O2S/c13-7-1-3-9(14)11(5-7)17-12-6-8(20(16,18)19)2-4-10(12)15/h1-6,17H,15H2,(H2,16,18,19). The minimum Gasteiger partial charge on any atom is -0.397 e. The zero-order valence-electron chi connectivity index (χ0n) is 10.1. The van der Waals surface area contributed by atoms with Gasteiger partial charge >= 0.3 is 0 Å². The quantitative estimate of drug-likeness (QED) is 0.753. The van der Waals surface area contributed by atoms with E-state index < -0.39 is 10.0 Å². The third-order valence-corrected chi connectivity index (χ3v) is 4.03. The van der Waals surface area contributed by atoms with Gasteiger partial charge in [0.2, 0.25) is 10.0 Å². The van der Waals surface area contributed by atoms with Gasteiger partial charge in [-0.25, -0.2) is 13.6 Å². The van der Waals surface area contributed by atoms with Gasteiger partial charge in [0, 0.05) is 5.02 Å². The Morgan fingerprint density at radius 2 is 1.70 bits per heavy atom. The maximum absolute atomic E-state index is 11.3. The van der Waals surface area contributed by atoms with Gasteiger partial charge in [0.25, 0.3) is 0 Å². The molecular weight excluding hydrogens is 321 g/mol. The van der Waals surface area contributed by atoms with Gasteiger partial charge in [-0.1, -0.05) is 23.2 Å². The van der Waals surface area contributed by atoms with E-state index >= 15 is 0 Å². The molecule has 0 spiro atoms. The lowest BCUT2D eigenvalue weighted by Gasteiger charge is -2.12. The van der Waals surface area contributed by atoms with Gasteiger partial charge < -0.3 is 11.1 Å². The normalized spacial score (nSPS) is 11.3. The molecule has 0 bridgehead atoms. The van der Waals surface area contributed by atoms with Gasteiger partial charge in [-0.3, -0.25) is 0 Å². The Morgan fingerprint density at radius 3 is 2.35 bits per heavy atom. The zero-order chi connectivity index (χ0) is 14.9. The first-order valence-corrected chi connectivity index (χ1v) is 7.72. The number of nitrogens with two attached hydrogens (primary N) is 2. The molecule has 2 aromatic carbocycles. The minimum absolute atomic E-state index is 0.0487. The molecule has 5 N–H and O–H groups in total. The third-order valence-electron chi connectivity index (χ3n) is 2.55. The average molecular weight is 332 g/mol. The maximum Gasteiger partial charge on any atom is 0.238 e. The van der Waals surface area contributed by atoms with Crippen LogP contribution in [0.1, 0.15) is 0 Å². The topological polar surface area (TPSA) is 98.2 Å². The van der Waals surface area contributed by atoms with Crippen molar-refractivity contribution in [3.8, 4) is 0 Å². The largest absolute Gasteiger partial charge is 0.397 e. The summed E-state index contributed by atoms with van der Waals surface area (Å²) in [5, 5.41) is 8.92. The highest BCUT2D eigenvalue weighted by Gasteiger charge is 2.11. The van der Waals surface area contributed by atoms with Crippen LogP contribution in [0.3, 0.4) is 0 Å². The minimum atomic E-state index is -3.81. The van der Waals surface area contributed by atoms with E-state index in [9.17, 15) is 8.42 Å². The van der Waals surface area contributed by atoms with Gasteiger partial charge in [-0.2, -0.15) is 0 Å². The molecule has 0 amide bonds. The number of nitrogen functional groups attached to an aromatic ring is 1. The van der Waals surface area contributed by atoms with Gasteiger partial charge in [0.05, 0.1) is 27.0 Å². The number of rotatable bonds is 3. The molecule has 0 aliphatic rings. The number of anilines is 3. The summed E-state index contributed by atoms with van der Waals surface area (Å²) in [5.74, 6) is 0. The first-order valence-electron chi connectivity index (χ1n) is 5.42. The summed E-state index contributed by atoms with van der Waals surface area (Å²) in [6.07, 6.45) is 0. The van der Waals surface area contributed by atoms with Crippen molar-refractivity contribution in [2.24, 2.45) is 5.14 Å². The molecule has 20 heavy (non-hydrogen) atoms. The molecule has 0 radical (unpaired) electrons. The van der Waals surface area contributed by atoms with Crippen molar-refractivity contribution >= 4 is 50.3 Å². The number of halogens is 2. The highest BCUT2D eigenvalue weighted by molar-refractivity contribution is 7.89. The van der Waals surface area contributed by atoms with Crippen molar-refractivity contribution in [3.05, 3.63) is 46.4 Å². The Kier molecular flexibility index (Phi) is 4.10. The van der Waals surface area contributed by atoms with Crippen LogP contribution in [0.2, 0.25) is 10.0 Å².